The van der Waals surface area contributed by atoms with E-state index in [0.29, 0.717) is 17.5 Å². The van der Waals surface area contributed by atoms with Crippen molar-refractivity contribution in [3.63, 3.8) is 0 Å². The lowest BCUT2D eigenvalue weighted by Gasteiger charge is -2.31. The Balaban J connectivity index is 2.11. The van der Waals surface area contributed by atoms with E-state index in [1.807, 2.05) is 20.0 Å². The van der Waals surface area contributed by atoms with Gasteiger partial charge in [-0.05, 0) is 31.7 Å². The van der Waals surface area contributed by atoms with E-state index in [1.165, 1.54) is 19.3 Å². The number of nitrogens with one attached hydrogen (secondary N) is 2. The fourth-order valence-electron chi connectivity index (χ4n) is 3.08. The van der Waals surface area contributed by atoms with Gasteiger partial charge in [0.15, 0.2) is 0 Å². The summed E-state index contributed by atoms with van der Waals surface area (Å²) in [6, 6.07) is 2.22. The molecule has 2 rings (SSSR count). The van der Waals surface area contributed by atoms with Crippen LogP contribution in [0.4, 0.5) is 5.69 Å². The summed E-state index contributed by atoms with van der Waals surface area (Å²) in [4.78, 5) is 16.7. The monoisotopic (exact) mass is 275 g/mol. The molecule has 4 nitrogen and oxygen atoms in total. The molecule has 2 unspecified atom stereocenters. The molecule has 0 aliphatic heterocycles. The molecule has 0 aromatic carbocycles. The van der Waals surface area contributed by atoms with Crippen molar-refractivity contribution in [2.24, 2.45) is 5.92 Å². The summed E-state index contributed by atoms with van der Waals surface area (Å²) in [5.74, 6) is 0.608. The third kappa shape index (κ3) is 3.30. The molecule has 2 N–H and O–H groups in total. The van der Waals surface area contributed by atoms with E-state index in [-0.39, 0.29) is 5.91 Å². The maximum Gasteiger partial charge on any atom is 0.255 e. The van der Waals surface area contributed by atoms with Gasteiger partial charge in [0.05, 0.1) is 11.3 Å². The Kier molecular flexibility index (Phi) is 4.99. The first-order chi connectivity index (χ1) is 9.65. The SMILES string of the molecule is CCC1CCCCC1NC(=O)c1cnc(C)cc1NC. The minimum Gasteiger partial charge on any atom is -0.387 e. The van der Waals surface area contributed by atoms with Crippen molar-refractivity contribution in [1.29, 1.82) is 0 Å². The Morgan fingerprint density at radius 2 is 2.15 bits per heavy atom. The van der Waals surface area contributed by atoms with Gasteiger partial charge in [-0.15, -0.1) is 0 Å². The van der Waals surface area contributed by atoms with Gasteiger partial charge in [-0.3, -0.25) is 9.78 Å². The molecule has 1 aliphatic rings. The van der Waals surface area contributed by atoms with Crippen LogP contribution in [0.15, 0.2) is 12.3 Å². The van der Waals surface area contributed by atoms with Gasteiger partial charge in [-0.1, -0.05) is 26.2 Å². The van der Waals surface area contributed by atoms with E-state index in [9.17, 15) is 4.79 Å². The van der Waals surface area contributed by atoms with Crippen molar-refractivity contribution in [3.05, 3.63) is 23.5 Å². The zero-order valence-electron chi connectivity index (χ0n) is 12.7. The number of hydrogen-bond donors (Lipinski definition) is 2. The summed E-state index contributed by atoms with van der Waals surface area (Å²) in [7, 11) is 1.83. The topological polar surface area (TPSA) is 54.0 Å². The fraction of sp³-hybridized carbons (Fsp3) is 0.625. The predicted molar refractivity (Wildman–Crippen MR) is 82.0 cm³/mol. The van der Waals surface area contributed by atoms with Gasteiger partial charge in [0.2, 0.25) is 0 Å². The maximum absolute atomic E-state index is 12.5. The smallest absolute Gasteiger partial charge is 0.255 e. The molecule has 110 valence electrons. The number of anilines is 1. The lowest BCUT2D eigenvalue weighted by atomic mass is 9.83. The summed E-state index contributed by atoms with van der Waals surface area (Å²) in [5.41, 5.74) is 2.40. The molecular formula is C16H25N3O. The Bertz CT molecular complexity index is 473. The Morgan fingerprint density at radius 3 is 2.85 bits per heavy atom. The van der Waals surface area contributed by atoms with Crippen LogP contribution in [0.3, 0.4) is 0 Å². The lowest BCUT2D eigenvalue weighted by molar-refractivity contribution is 0.0905. The number of hydrogen-bond acceptors (Lipinski definition) is 3. The number of amides is 1. The summed E-state index contributed by atoms with van der Waals surface area (Å²) in [6.45, 7) is 4.14. The van der Waals surface area contributed by atoms with Crippen LogP contribution in [-0.2, 0) is 0 Å². The van der Waals surface area contributed by atoms with Crippen molar-refractivity contribution in [1.82, 2.24) is 10.3 Å². The van der Waals surface area contributed by atoms with Gasteiger partial charge in [0, 0.05) is 25.0 Å². The molecule has 2 atom stereocenters. The summed E-state index contributed by atoms with van der Waals surface area (Å²) in [5, 5.41) is 6.29. The number of carbonyl (C=O) groups is 1. The van der Waals surface area contributed by atoms with E-state index in [1.54, 1.807) is 6.20 Å². The van der Waals surface area contributed by atoms with Gasteiger partial charge in [-0.25, -0.2) is 0 Å². The molecule has 1 aromatic rings. The Labute approximate surface area is 121 Å². The molecule has 1 aliphatic carbocycles. The molecule has 0 spiro atoms. The van der Waals surface area contributed by atoms with Crippen LogP contribution in [0, 0.1) is 12.8 Å². The quantitative estimate of drug-likeness (QED) is 0.887. The van der Waals surface area contributed by atoms with Crippen LogP contribution in [0.25, 0.3) is 0 Å². The highest BCUT2D eigenvalue weighted by atomic mass is 16.1. The van der Waals surface area contributed by atoms with Crippen LogP contribution >= 0.6 is 0 Å². The zero-order valence-corrected chi connectivity index (χ0v) is 12.7. The van der Waals surface area contributed by atoms with E-state index < -0.39 is 0 Å². The van der Waals surface area contributed by atoms with Gasteiger partial charge < -0.3 is 10.6 Å². The van der Waals surface area contributed by atoms with E-state index >= 15 is 0 Å². The number of rotatable bonds is 4. The normalized spacial score (nSPS) is 22.4. The number of nitrogens with zero attached hydrogens (tertiary/aromatic N) is 1. The summed E-state index contributed by atoms with van der Waals surface area (Å²) < 4.78 is 0. The Morgan fingerprint density at radius 1 is 1.40 bits per heavy atom. The standard InChI is InChI=1S/C16H25N3O/c1-4-12-7-5-6-8-14(12)19-16(20)13-10-18-11(2)9-15(13)17-3/h9-10,12,14H,4-8H2,1-3H3,(H,17,18)(H,19,20). The van der Waals surface area contributed by atoms with Crippen LogP contribution in [0.2, 0.25) is 0 Å². The molecule has 1 amide bonds. The first kappa shape index (κ1) is 14.8. The van der Waals surface area contributed by atoms with Gasteiger partial charge in [0.25, 0.3) is 5.91 Å². The zero-order chi connectivity index (χ0) is 14.5. The highest BCUT2D eigenvalue weighted by Crippen LogP contribution is 2.27. The van der Waals surface area contributed by atoms with Crippen molar-refractivity contribution in [2.75, 3.05) is 12.4 Å². The minimum atomic E-state index is -0.00722. The molecule has 20 heavy (non-hydrogen) atoms. The highest BCUT2D eigenvalue weighted by Gasteiger charge is 2.26. The van der Waals surface area contributed by atoms with Gasteiger partial charge in [-0.2, -0.15) is 0 Å². The molecule has 4 heteroatoms. The second-order valence-electron chi connectivity index (χ2n) is 5.65. The highest BCUT2D eigenvalue weighted by molar-refractivity contribution is 5.99. The van der Waals surface area contributed by atoms with Crippen LogP contribution in [0.1, 0.15) is 55.1 Å². The molecule has 1 saturated carbocycles. The number of aryl methyl sites for hydroxylation is 1. The number of pyridine rings is 1. The molecule has 1 fully saturated rings. The van der Waals surface area contributed by atoms with Crippen molar-refractivity contribution in [3.8, 4) is 0 Å². The largest absolute Gasteiger partial charge is 0.387 e. The fourth-order valence-corrected chi connectivity index (χ4v) is 3.08. The van der Waals surface area contributed by atoms with Crippen LogP contribution in [0.5, 0.6) is 0 Å². The van der Waals surface area contributed by atoms with E-state index in [0.717, 1.165) is 24.2 Å². The van der Waals surface area contributed by atoms with Crippen molar-refractivity contribution >= 4 is 11.6 Å². The second kappa shape index (κ2) is 6.73. The van der Waals surface area contributed by atoms with Crippen molar-refractivity contribution in [2.45, 2.75) is 52.0 Å². The third-order valence-corrected chi connectivity index (χ3v) is 4.30. The van der Waals surface area contributed by atoms with Crippen LogP contribution in [-0.4, -0.2) is 24.0 Å². The minimum absolute atomic E-state index is 0.00722. The molecule has 1 heterocycles. The van der Waals surface area contributed by atoms with Crippen LogP contribution < -0.4 is 10.6 Å². The van der Waals surface area contributed by atoms with Crippen molar-refractivity contribution < 1.29 is 4.79 Å². The third-order valence-electron chi connectivity index (χ3n) is 4.30. The van der Waals surface area contributed by atoms with E-state index in [4.69, 9.17) is 0 Å². The molecule has 0 radical (unpaired) electrons. The first-order valence-corrected chi connectivity index (χ1v) is 7.61. The summed E-state index contributed by atoms with van der Waals surface area (Å²) in [6.07, 6.45) is 7.63. The first-order valence-electron chi connectivity index (χ1n) is 7.61. The van der Waals surface area contributed by atoms with E-state index in [2.05, 4.69) is 22.5 Å². The average Bonchev–Trinajstić information content (AvgIpc) is 2.47. The molecule has 1 aromatic heterocycles. The molecular weight excluding hydrogens is 250 g/mol. The van der Waals surface area contributed by atoms with Gasteiger partial charge in [0.1, 0.15) is 0 Å². The number of carbonyl (C=O) groups excluding carboxylic acids is 1. The summed E-state index contributed by atoms with van der Waals surface area (Å²) >= 11 is 0. The Hall–Kier alpha value is -1.58. The second-order valence-corrected chi connectivity index (χ2v) is 5.65. The number of aromatic nitrogens is 1. The molecule has 0 saturated heterocycles. The predicted octanol–water partition coefficient (Wildman–Crippen LogP) is 3.13. The lowest BCUT2D eigenvalue weighted by Crippen LogP contribution is -2.42. The maximum atomic E-state index is 12.5. The van der Waals surface area contributed by atoms with Gasteiger partial charge >= 0.3 is 0 Å². The average molecular weight is 275 g/mol. The molecule has 0 bridgehead atoms.